The number of aliphatic carboxylic acids is 4. The molecule has 1 rings (SSSR count). The van der Waals surface area contributed by atoms with Crippen LogP contribution in [0.3, 0.4) is 0 Å². The molecule has 0 aromatic carbocycles. The van der Waals surface area contributed by atoms with Gasteiger partial charge in [-0.3, -0.25) is 19.2 Å². The highest BCUT2D eigenvalue weighted by Gasteiger charge is 2.40. The van der Waals surface area contributed by atoms with Crippen LogP contribution >= 0.6 is 0 Å². The third-order valence-corrected chi connectivity index (χ3v) is 2.14. The first-order valence-electron chi connectivity index (χ1n) is 4.59. The van der Waals surface area contributed by atoms with Crippen molar-refractivity contribution in [2.24, 2.45) is 0 Å². The smallest absolute Gasteiger partial charge is 0.324 e. The van der Waals surface area contributed by atoms with Crippen LogP contribution in [0.5, 0.6) is 0 Å². The molecule has 11 nitrogen and oxygen atoms in total. The van der Waals surface area contributed by atoms with E-state index in [0.29, 0.717) is 0 Å². The lowest BCUT2D eigenvalue weighted by Crippen LogP contribution is -2.27. The molecule has 0 radical (unpaired) electrons. The molecule has 0 fully saturated rings. The molecular weight excluding hydrogens is 266 g/mol. The number of aromatic nitrogens is 3. The Balaban J connectivity index is 3.37. The van der Waals surface area contributed by atoms with Crippen LogP contribution in [-0.2, 0) is 19.2 Å². The van der Waals surface area contributed by atoms with Crippen molar-refractivity contribution >= 4 is 23.9 Å². The van der Waals surface area contributed by atoms with Crippen molar-refractivity contribution in [1.82, 2.24) is 15.4 Å². The molecule has 11 heteroatoms. The van der Waals surface area contributed by atoms with Crippen LogP contribution < -0.4 is 0 Å². The van der Waals surface area contributed by atoms with E-state index in [1.54, 1.807) is 0 Å². The minimum absolute atomic E-state index is 0.769. The van der Waals surface area contributed by atoms with Gasteiger partial charge in [0.05, 0.1) is 0 Å². The first-order valence-corrected chi connectivity index (χ1v) is 4.59. The second-order valence-corrected chi connectivity index (χ2v) is 3.31. The van der Waals surface area contributed by atoms with Crippen LogP contribution in [-0.4, -0.2) is 59.7 Å². The van der Waals surface area contributed by atoms with Crippen molar-refractivity contribution in [3.8, 4) is 0 Å². The molecule has 0 spiro atoms. The summed E-state index contributed by atoms with van der Waals surface area (Å²) in [4.78, 5) is 43.2. The second-order valence-electron chi connectivity index (χ2n) is 3.31. The van der Waals surface area contributed by atoms with Crippen LogP contribution in [0.1, 0.15) is 23.2 Å². The summed E-state index contributed by atoms with van der Waals surface area (Å²) < 4.78 is 0. The molecule has 102 valence electrons. The van der Waals surface area contributed by atoms with E-state index in [9.17, 15) is 19.2 Å². The Morgan fingerprint density at radius 1 is 0.737 bits per heavy atom. The van der Waals surface area contributed by atoms with Crippen LogP contribution in [0, 0.1) is 0 Å². The van der Waals surface area contributed by atoms with Crippen LogP contribution in [0.25, 0.3) is 0 Å². The number of carbonyl (C=O) groups is 4. The molecule has 0 saturated carbocycles. The molecule has 0 unspecified atom stereocenters. The normalized spacial score (nSPS) is 10.6. The maximum Gasteiger partial charge on any atom is 0.324 e. The van der Waals surface area contributed by atoms with Crippen molar-refractivity contribution in [1.29, 1.82) is 0 Å². The largest absolute Gasteiger partial charge is 0.480 e. The van der Waals surface area contributed by atoms with Gasteiger partial charge in [-0.05, 0) is 0 Å². The molecule has 0 saturated heterocycles. The zero-order chi connectivity index (χ0) is 14.7. The lowest BCUT2D eigenvalue weighted by atomic mass is 9.96. The first-order chi connectivity index (χ1) is 8.77. The van der Waals surface area contributed by atoms with Gasteiger partial charge in [0.2, 0.25) is 0 Å². The Hall–Kier alpha value is -2.98. The predicted molar refractivity (Wildman–Crippen MR) is 52.4 cm³/mol. The average molecular weight is 273 g/mol. The number of hydrogen-bond acceptors (Lipinski definition) is 6. The van der Waals surface area contributed by atoms with Crippen molar-refractivity contribution in [2.45, 2.75) is 11.8 Å². The van der Waals surface area contributed by atoms with Gasteiger partial charge in [-0.2, -0.15) is 15.4 Å². The van der Waals surface area contributed by atoms with Gasteiger partial charge < -0.3 is 20.4 Å². The zero-order valence-electron chi connectivity index (χ0n) is 8.97. The second kappa shape index (κ2) is 5.12. The molecule has 0 bridgehead atoms. The number of nitrogens with zero attached hydrogens (tertiary/aromatic N) is 2. The van der Waals surface area contributed by atoms with E-state index in [4.69, 9.17) is 20.4 Å². The maximum atomic E-state index is 10.8. The van der Waals surface area contributed by atoms with Gasteiger partial charge >= 0.3 is 23.9 Å². The number of aromatic amines is 1. The maximum absolute atomic E-state index is 10.8. The van der Waals surface area contributed by atoms with Gasteiger partial charge in [0, 0.05) is 0 Å². The van der Waals surface area contributed by atoms with Gasteiger partial charge in [-0.25, -0.2) is 0 Å². The summed E-state index contributed by atoms with van der Waals surface area (Å²) >= 11 is 0. The Labute approximate surface area is 103 Å². The molecule has 1 heterocycles. The zero-order valence-corrected chi connectivity index (χ0v) is 8.97. The highest BCUT2D eigenvalue weighted by molar-refractivity contribution is 6.02. The molecule has 0 aliphatic rings. The summed E-state index contributed by atoms with van der Waals surface area (Å²) in [6.45, 7) is 0. The third-order valence-electron chi connectivity index (χ3n) is 2.14. The number of hydrogen-bond donors (Lipinski definition) is 5. The molecule has 5 N–H and O–H groups in total. The van der Waals surface area contributed by atoms with E-state index in [1.165, 1.54) is 0 Å². The molecule has 0 aliphatic carbocycles. The molecule has 19 heavy (non-hydrogen) atoms. The number of rotatable bonds is 6. The lowest BCUT2D eigenvalue weighted by molar-refractivity contribution is -0.153. The number of H-pyrrole nitrogens is 1. The van der Waals surface area contributed by atoms with Crippen molar-refractivity contribution in [3.63, 3.8) is 0 Å². The molecule has 0 amide bonds. The topological polar surface area (TPSA) is 191 Å². The number of carboxylic acids is 4. The average Bonchev–Trinajstić information content (AvgIpc) is 2.64. The van der Waals surface area contributed by atoms with Crippen LogP contribution in [0.2, 0.25) is 0 Å². The van der Waals surface area contributed by atoms with E-state index >= 15 is 0 Å². The lowest BCUT2D eigenvalue weighted by Gasteiger charge is -2.08. The molecule has 0 atom stereocenters. The SMILES string of the molecule is O=C(O)C(C(=O)O)c1n[nH]nc1C(C(=O)O)C(=O)O. The van der Waals surface area contributed by atoms with Gasteiger partial charge in [-0.1, -0.05) is 0 Å². The summed E-state index contributed by atoms with van der Waals surface area (Å²) in [7, 11) is 0. The standard InChI is InChI=1S/C8H7N3O8/c12-5(13)1(6(14)15)3-4(10-11-9-3)2(7(16)17)8(18)19/h1-2H,(H,12,13)(H,14,15)(H,16,17)(H,18,19)(H,9,10,11). The Morgan fingerprint density at radius 3 is 1.21 bits per heavy atom. The summed E-state index contributed by atoms with van der Waals surface area (Å²) in [5.74, 6) is -11.7. The quantitative estimate of drug-likeness (QED) is 0.373. The van der Waals surface area contributed by atoms with Crippen LogP contribution in [0.15, 0.2) is 0 Å². The minimum Gasteiger partial charge on any atom is -0.480 e. The van der Waals surface area contributed by atoms with Gasteiger partial charge in [0.25, 0.3) is 0 Å². The fourth-order valence-corrected chi connectivity index (χ4v) is 1.35. The Morgan fingerprint density at radius 2 is 1.00 bits per heavy atom. The van der Waals surface area contributed by atoms with E-state index < -0.39 is 47.1 Å². The third kappa shape index (κ3) is 2.65. The predicted octanol–water partition coefficient (Wildman–Crippen LogP) is -1.69. The molecular formula is C8H7N3O8. The van der Waals surface area contributed by atoms with E-state index in [0.717, 1.165) is 0 Å². The first kappa shape index (κ1) is 14.1. The van der Waals surface area contributed by atoms with Crippen molar-refractivity contribution in [2.75, 3.05) is 0 Å². The summed E-state index contributed by atoms with van der Waals surface area (Å²) in [5.41, 5.74) is -1.54. The highest BCUT2D eigenvalue weighted by atomic mass is 16.4. The number of nitrogens with one attached hydrogen (secondary N) is 1. The highest BCUT2D eigenvalue weighted by Crippen LogP contribution is 2.24. The van der Waals surface area contributed by atoms with Crippen molar-refractivity contribution < 1.29 is 39.6 Å². The van der Waals surface area contributed by atoms with Gasteiger partial charge in [0.15, 0.2) is 11.8 Å². The van der Waals surface area contributed by atoms with E-state index in [-0.39, 0.29) is 0 Å². The monoisotopic (exact) mass is 273 g/mol. The summed E-state index contributed by atoms with van der Waals surface area (Å²) in [6.07, 6.45) is 0. The van der Waals surface area contributed by atoms with Gasteiger partial charge in [-0.15, -0.1) is 0 Å². The summed E-state index contributed by atoms with van der Waals surface area (Å²) in [6, 6.07) is 0. The minimum atomic E-state index is -2.21. The van der Waals surface area contributed by atoms with E-state index in [2.05, 4.69) is 10.2 Å². The molecule has 0 aliphatic heterocycles. The number of carboxylic acid groups (broad SMARTS) is 4. The molecule has 1 aromatic rings. The van der Waals surface area contributed by atoms with Crippen molar-refractivity contribution in [3.05, 3.63) is 11.4 Å². The Bertz CT molecular complexity index is 475. The fourth-order valence-electron chi connectivity index (χ4n) is 1.35. The van der Waals surface area contributed by atoms with Crippen LogP contribution in [0.4, 0.5) is 0 Å². The van der Waals surface area contributed by atoms with Gasteiger partial charge in [0.1, 0.15) is 11.4 Å². The Kier molecular flexibility index (Phi) is 3.79. The fraction of sp³-hybridized carbons (Fsp3) is 0.250. The molecule has 1 aromatic heterocycles. The van der Waals surface area contributed by atoms with E-state index in [1.807, 2.05) is 5.21 Å². The summed E-state index contributed by atoms with van der Waals surface area (Å²) in [5, 5.41) is 43.2.